The van der Waals surface area contributed by atoms with Gasteiger partial charge in [0.2, 0.25) is 0 Å². The molecule has 1 aliphatic heterocycles. The summed E-state index contributed by atoms with van der Waals surface area (Å²) >= 11 is 0. The summed E-state index contributed by atoms with van der Waals surface area (Å²) in [5.74, 6) is 0.702. The van der Waals surface area contributed by atoms with Gasteiger partial charge in [-0.05, 0) is 57.2 Å². The van der Waals surface area contributed by atoms with Crippen LogP contribution in [0.4, 0.5) is 0 Å². The molecule has 7 heteroatoms. The third-order valence-corrected chi connectivity index (χ3v) is 5.48. The summed E-state index contributed by atoms with van der Waals surface area (Å²) in [6.07, 6.45) is 5.91. The van der Waals surface area contributed by atoms with Gasteiger partial charge in [-0.3, -0.25) is 9.79 Å². The summed E-state index contributed by atoms with van der Waals surface area (Å²) in [4.78, 5) is 18.7. The van der Waals surface area contributed by atoms with Gasteiger partial charge in [-0.1, -0.05) is 18.2 Å². The number of rotatable bonds is 7. The van der Waals surface area contributed by atoms with Gasteiger partial charge in [-0.2, -0.15) is 5.10 Å². The van der Waals surface area contributed by atoms with Gasteiger partial charge < -0.3 is 15.0 Å². The highest BCUT2D eigenvalue weighted by Gasteiger charge is 2.28. The van der Waals surface area contributed by atoms with Crippen LogP contribution in [0.5, 0.6) is 0 Å². The van der Waals surface area contributed by atoms with Crippen LogP contribution in [0.1, 0.15) is 37.4 Å². The summed E-state index contributed by atoms with van der Waals surface area (Å²) < 4.78 is 7.15. The Morgan fingerprint density at radius 2 is 2.13 bits per heavy atom. The number of nitrogens with one attached hydrogen (secondary N) is 1. The normalized spacial score (nSPS) is 17.1. The molecule has 0 bridgehead atoms. The van der Waals surface area contributed by atoms with E-state index in [1.165, 1.54) is 5.56 Å². The maximum atomic E-state index is 12.1. The number of guanidine groups is 1. The number of carbonyl (C=O) groups excluding carboxylic acids is 1. The van der Waals surface area contributed by atoms with E-state index < -0.39 is 0 Å². The van der Waals surface area contributed by atoms with Crippen LogP contribution in [0.15, 0.2) is 41.5 Å². The number of nitrogens with zero attached hydrogens (tertiary/aromatic N) is 4. The van der Waals surface area contributed by atoms with E-state index >= 15 is 0 Å². The lowest BCUT2D eigenvalue weighted by molar-refractivity contribution is -0.149. The summed E-state index contributed by atoms with van der Waals surface area (Å²) in [5, 5.41) is 8.10. The van der Waals surface area contributed by atoms with Crippen LogP contribution < -0.4 is 5.32 Å². The molecule has 0 amide bonds. The molecule has 2 aromatic rings. The molecule has 1 aromatic carbocycles. The molecule has 1 aliphatic rings. The number of carbonyl (C=O) groups is 1. The maximum Gasteiger partial charge on any atom is 0.310 e. The van der Waals surface area contributed by atoms with E-state index in [0.29, 0.717) is 13.2 Å². The predicted molar refractivity (Wildman–Crippen MR) is 119 cm³/mol. The van der Waals surface area contributed by atoms with Crippen molar-refractivity contribution >= 4 is 11.9 Å². The third-order valence-electron chi connectivity index (χ3n) is 5.48. The van der Waals surface area contributed by atoms with Crippen LogP contribution >= 0.6 is 0 Å². The lowest BCUT2D eigenvalue weighted by Gasteiger charge is -2.33. The molecule has 1 unspecified atom stereocenters. The molecule has 1 fully saturated rings. The van der Waals surface area contributed by atoms with Gasteiger partial charge in [-0.15, -0.1) is 0 Å². The van der Waals surface area contributed by atoms with Crippen molar-refractivity contribution in [2.75, 3.05) is 33.3 Å². The van der Waals surface area contributed by atoms with Gasteiger partial charge in [0.05, 0.1) is 23.9 Å². The van der Waals surface area contributed by atoms with Crippen molar-refractivity contribution in [2.24, 2.45) is 10.9 Å². The molecule has 30 heavy (non-hydrogen) atoms. The average molecular weight is 412 g/mol. The molecule has 1 atom stereocenters. The molecule has 7 nitrogen and oxygen atoms in total. The molecular formula is C23H33N5O2. The van der Waals surface area contributed by atoms with Crippen LogP contribution in [0, 0.1) is 12.8 Å². The van der Waals surface area contributed by atoms with Crippen molar-refractivity contribution in [3.05, 3.63) is 47.8 Å². The Bertz CT molecular complexity index is 847. The molecular weight excluding hydrogens is 378 g/mol. The maximum absolute atomic E-state index is 12.1. The molecule has 3 rings (SSSR count). The lowest BCUT2D eigenvalue weighted by atomic mass is 9.98. The van der Waals surface area contributed by atoms with E-state index in [1.807, 2.05) is 29.8 Å². The number of hydrogen-bond donors (Lipinski definition) is 1. The zero-order chi connectivity index (χ0) is 21.3. The molecule has 1 N–H and O–H groups in total. The predicted octanol–water partition coefficient (Wildman–Crippen LogP) is 2.96. The molecule has 0 saturated carbocycles. The van der Waals surface area contributed by atoms with E-state index in [1.54, 1.807) is 7.05 Å². The quantitative estimate of drug-likeness (QED) is 0.328. The SMILES string of the molecule is CCOC(=O)C1CCCN(C(=NC)NCCCc2cn(-c3ccccc3)nc2C)C1. The Morgan fingerprint density at radius 1 is 1.33 bits per heavy atom. The largest absolute Gasteiger partial charge is 0.466 e. The van der Waals surface area contributed by atoms with Crippen LogP contribution in [0.3, 0.4) is 0 Å². The van der Waals surface area contributed by atoms with Crippen molar-refractivity contribution in [1.29, 1.82) is 0 Å². The fourth-order valence-electron chi connectivity index (χ4n) is 3.89. The number of esters is 1. The molecule has 1 aromatic heterocycles. The van der Waals surface area contributed by atoms with Crippen LogP contribution in [0.2, 0.25) is 0 Å². The molecule has 0 radical (unpaired) electrons. The fraction of sp³-hybridized carbons (Fsp3) is 0.522. The van der Waals surface area contributed by atoms with Crippen LogP contribution in [-0.4, -0.2) is 59.9 Å². The number of ether oxygens (including phenoxy) is 1. The Balaban J connectivity index is 1.48. The van der Waals surface area contributed by atoms with E-state index in [2.05, 4.69) is 45.6 Å². The number of aryl methyl sites for hydroxylation is 2. The first-order valence-electron chi connectivity index (χ1n) is 10.8. The minimum absolute atomic E-state index is 0.0660. The second-order valence-electron chi connectivity index (χ2n) is 7.63. The van der Waals surface area contributed by atoms with Crippen LogP contribution in [0.25, 0.3) is 5.69 Å². The first kappa shape index (κ1) is 21.9. The first-order chi connectivity index (χ1) is 14.6. The molecule has 0 aliphatic carbocycles. The number of aromatic nitrogens is 2. The lowest BCUT2D eigenvalue weighted by Crippen LogP contribution is -2.48. The number of benzene rings is 1. The van der Waals surface area contributed by atoms with Gasteiger partial charge in [0.15, 0.2) is 5.96 Å². The van der Waals surface area contributed by atoms with E-state index in [-0.39, 0.29) is 11.9 Å². The number of hydrogen-bond acceptors (Lipinski definition) is 4. The van der Waals surface area contributed by atoms with Crippen molar-refractivity contribution in [3.8, 4) is 5.69 Å². The van der Waals surface area contributed by atoms with Crippen molar-refractivity contribution < 1.29 is 9.53 Å². The zero-order valence-corrected chi connectivity index (χ0v) is 18.3. The molecule has 0 spiro atoms. The van der Waals surface area contributed by atoms with Gasteiger partial charge in [-0.25, -0.2) is 4.68 Å². The summed E-state index contributed by atoms with van der Waals surface area (Å²) in [6.45, 7) is 6.75. The highest BCUT2D eigenvalue weighted by atomic mass is 16.5. The van der Waals surface area contributed by atoms with E-state index in [9.17, 15) is 4.79 Å². The van der Waals surface area contributed by atoms with Crippen molar-refractivity contribution in [2.45, 2.75) is 39.5 Å². The Kier molecular flexibility index (Phi) is 7.88. The topological polar surface area (TPSA) is 71.8 Å². The van der Waals surface area contributed by atoms with Crippen molar-refractivity contribution in [1.82, 2.24) is 20.0 Å². The van der Waals surface area contributed by atoms with E-state index in [0.717, 1.165) is 56.1 Å². The van der Waals surface area contributed by atoms with E-state index in [4.69, 9.17) is 4.74 Å². The number of piperidine rings is 1. The Labute approximate surface area is 179 Å². The summed E-state index contributed by atoms with van der Waals surface area (Å²) in [6, 6.07) is 10.2. The Hall–Kier alpha value is -2.83. The van der Waals surface area contributed by atoms with Crippen LogP contribution in [-0.2, 0) is 16.0 Å². The Morgan fingerprint density at radius 3 is 2.87 bits per heavy atom. The molecule has 162 valence electrons. The number of para-hydroxylation sites is 1. The smallest absolute Gasteiger partial charge is 0.310 e. The molecule has 2 heterocycles. The highest BCUT2D eigenvalue weighted by molar-refractivity contribution is 5.81. The second kappa shape index (κ2) is 10.8. The average Bonchev–Trinajstić information content (AvgIpc) is 3.15. The number of aliphatic imine (C=N–C) groups is 1. The molecule has 1 saturated heterocycles. The van der Waals surface area contributed by atoms with Crippen molar-refractivity contribution in [3.63, 3.8) is 0 Å². The third kappa shape index (κ3) is 5.62. The monoisotopic (exact) mass is 411 g/mol. The summed E-state index contributed by atoms with van der Waals surface area (Å²) in [5.41, 5.74) is 3.40. The minimum atomic E-state index is -0.0939. The van der Waals surface area contributed by atoms with Gasteiger partial charge in [0.1, 0.15) is 0 Å². The first-order valence-corrected chi connectivity index (χ1v) is 10.8. The standard InChI is InChI=1S/C23H33N5O2/c1-4-30-22(29)20-11-9-15-27(16-20)23(24-3)25-14-8-10-19-17-28(26-18(19)2)21-12-6-5-7-13-21/h5-7,12-13,17,20H,4,8-11,14-16H2,1-3H3,(H,24,25). The minimum Gasteiger partial charge on any atom is -0.466 e. The fourth-order valence-corrected chi connectivity index (χ4v) is 3.89. The van der Waals surface area contributed by atoms with Gasteiger partial charge in [0, 0.05) is 32.9 Å². The van der Waals surface area contributed by atoms with Gasteiger partial charge in [0.25, 0.3) is 0 Å². The van der Waals surface area contributed by atoms with Gasteiger partial charge >= 0.3 is 5.97 Å². The highest BCUT2D eigenvalue weighted by Crippen LogP contribution is 2.18. The number of likely N-dealkylation sites (tertiary alicyclic amines) is 1. The second-order valence-corrected chi connectivity index (χ2v) is 7.63. The zero-order valence-electron chi connectivity index (χ0n) is 18.3. The summed E-state index contributed by atoms with van der Waals surface area (Å²) in [7, 11) is 1.80.